The lowest BCUT2D eigenvalue weighted by Gasteiger charge is -2.28. The number of fused-ring (bicyclic) bond motifs is 1. The Kier molecular flexibility index (Phi) is 5.39. The monoisotopic (exact) mass is 388 g/mol. The van der Waals surface area contributed by atoms with Crippen molar-refractivity contribution in [2.45, 2.75) is 70.1 Å². The van der Waals surface area contributed by atoms with Gasteiger partial charge in [0.15, 0.2) is 0 Å². The number of hydrogen-bond acceptors (Lipinski definition) is 1. The molecule has 0 aliphatic heterocycles. The maximum Gasteiger partial charge on any atom is 0.573 e. The fourth-order valence-electron chi connectivity index (χ4n) is 4.85. The van der Waals surface area contributed by atoms with E-state index in [9.17, 15) is 13.2 Å². The van der Waals surface area contributed by atoms with Crippen LogP contribution in [0.15, 0.2) is 42.5 Å². The molecule has 0 spiro atoms. The lowest BCUT2D eigenvalue weighted by Crippen LogP contribution is -2.18. The second-order valence-corrected chi connectivity index (χ2v) is 8.54. The fourth-order valence-corrected chi connectivity index (χ4v) is 4.85. The van der Waals surface area contributed by atoms with Crippen LogP contribution >= 0.6 is 0 Å². The van der Waals surface area contributed by atoms with E-state index in [1.54, 1.807) is 12.1 Å². The number of alkyl halides is 3. The Morgan fingerprint density at radius 1 is 0.786 bits per heavy atom. The molecule has 2 aromatic rings. The van der Waals surface area contributed by atoms with Gasteiger partial charge in [0.25, 0.3) is 0 Å². The molecule has 0 amide bonds. The molecule has 28 heavy (non-hydrogen) atoms. The van der Waals surface area contributed by atoms with Crippen LogP contribution in [0.4, 0.5) is 13.2 Å². The molecular weight excluding hydrogens is 361 g/mol. The van der Waals surface area contributed by atoms with Crippen molar-refractivity contribution in [1.82, 2.24) is 0 Å². The summed E-state index contributed by atoms with van der Waals surface area (Å²) in [6.07, 6.45) is 3.22. The fraction of sp³-hybridized carbons (Fsp3) is 0.500. The molecule has 1 atom stereocenters. The first-order valence-corrected chi connectivity index (χ1v) is 10.3. The van der Waals surface area contributed by atoms with E-state index in [1.807, 2.05) is 0 Å². The second kappa shape index (κ2) is 7.81. The summed E-state index contributed by atoms with van der Waals surface area (Å²) in [6, 6.07) is 13.9. The van der Waals surface area contributed by atoms with Crippen molar-refractivity contribution in [1.29, 1.82) is 0 Å². The highest BCUT2D eigenvalue weighted by Crippen LogP contribution is 2.38. The maximum atomic E-state index is 12.4. The lowest BCUT2D eigenvalue weighted by atomic mass is 9.77. The first kappa shape index (κ1) is 19.4. The highest BCUT2D eigenvalue weighted by Gasteiger charge is 2.31. The van der Waals surface area contributed by atoms with Crippen LogP contribution < -0.4 is 4.74 Å². The summed E-state index contributed by atoms with van der Waals surface area (Å²) in [4.78, 5) is 0. The molecule has 0 saturated heterocycles. The van der Waals surface area contributed by atoms with Crippen molar-refractivity contribution in [3.63, 3.8) is 0 Å². The minimum atomic E-state index is -4.64. The van der Waals surface area contributed by atoms with Crippen LogP contribution in [0.2, 0.25) is 0 Å². The Hall–Kier alpha value is -1.97. The number of ether oxygens (including phenoxy) is 1. The third-order valence-electron chi connectivity index (χ3n) is 6.53. The molecule has 2 aromatic carbocycles. The Morgan fingerprint density at radius 3 is 2.07 bits per heavy atom. The van der Waals surface area contributed by atoms with Crippen LogP contribution in [0.25, 0.3) is 0 Å². The van der Waals surface area contributed by atoms with E-state index in [1.165, 1.54) is 42.9 Å². The van der Waals surface area contributed by atoms with Crippen LogP contribution in [0.1, 0.15) is 73.1 Å². The first-order chi connectivity index (χ1) is 13.4. The first-order valence-electron chi connectivity index (χ1n) is 10.3. The zero-order chi connectivity index (χ0) is 19.7. The Bertz CT molecular complexity index is 802. The molecule has 2 aliphatic rings. The molecule has 4 heteroatoms. The van der Waals surface area contributed by atoms with Crippen LogP contribution in [-0.4, -0.2) is 6.36 Å². The highest BCUT2D eigenvalue weighted by atomic mass is 19.4. The van der Waals surface area contributed by atoms with E-state index < -0.39 is 6.36 Å². The Labute approximate surface area is 164 Å². The van der Waals surface area contributed by atoms with Gasteiger partial charge < -0.3 is 4.74 Å². The third-order valence-corrected chi connectivity index (χ3v) is 6.53. The Morgan fingerprint density at radius 2 is 1.43 bits per heavy atom. The molecule has 0 radical (unpaired) electrons. The minimum Gasteiger partial charge on any atom is -0.406 e. The predicted octanol–water partition coefficient (Wildman–Crippen LogP) is 7.15. The third kappa shape index (κ3) is 4.53. The normalized spacial score (nSPS) is 25.2. The van der Waals surface area contributed by atoms with Gasteiger partial charge in [0.05, 0.1) is 0 Å². The smallest absolute Gasteiger partial charge is 0.406 e. The van der Waals surface area contributed by atoms with Gasteiger partial charge in [-0.2, -0.15) is 0 Å². The Balaban J connectivity index is 1.43. The SMILES string of the molecule is CC1CCC(c2ccc(C3CCc4cc(OC(F)(F)F)ccc4C3)cc2)CC1. The molecule has 0 N–H and O–H groups in total. The topological polar surface area (TPSA) is 9.23 Å². The van der Waals surface area contributed by atoms with E-state index in [2.05, 4.69) is 35.9 Å². The summed E-state index contributed by atoms with van der Waals surface area (Å²) in [5.74, 6) is 1.88. The molecule has 0 bridgehead atoms. The number of benzene rings is 2. The molecule has 1 fully saturated rings. The zero-order valence-corrected chi connectivity index (χ0v) is 16.3. The maximum absolute atomic E-state index is 12.4. The molecule has 1 unspecified atom stereocenters. The van der Waals surface area contributed by atoms with Gasteiger partial charge >= 0.3 is 6.36 Å². The van der Waals surface area contributed by atoms with Crippen LogP contribution in [0, 0.1) is 5.92 Å². The van der Waals surface area contributed by atoms with Crippen LogP contribution in [0.5, 0.6) is 5.75 Å². The molecule has 1 saturated carbocycles. The van der Waals surface area contributed by atoms with Crippen molar-refractivity contribution in [3.8, 4) is 5.75 Å². The predicted molar refractivity (Wildman–Crippen MR) is 105 cm³/mol. The number of halogens is 3. The summed E-state index contributed by atoms with van der Waals surface area (Å²) in [6.45, 7) is 2.35. The zero-order valence-electron chi connectivity index (χ0n) is 16.3. The summed E-state index contributed by atoms with van der Waals surface area (Å²) < 4.78 is 41.3. The summed E-state index contributed by atoms with van der Waals surface area (Å²) in [7, 11) is 0. The summed E-state index contributed by atoms with van der Waals surface area (Å²) in [5, 5.41) is 0. The van der Waals surface area contributed by atoms with Gasteiger partial charge in [0.1, 0.15) is 5.75 Å². The molecule has 150 valence electrons. The molecule has 2 aliphatic carbocycles. The summed E-state index contributed by atoms with van der Waals surface area (Å²) in [5.41, 5.74) is 4.91. The van der Waals surface area contributed by atoms with Crippen LogP contribution in [-0.2, 0) is 12.8 Å². The second-order valence-electron chi connectivity index (χ2n) is 8.54. The minimum absolute atomic E-state index is 0.115. The lowest BCUT2D eigenvalue weighted by molar-refractivity contribution is -0.274. The molecular formula is C24H27F3O. The number of rotatable bonds is 3. The van der Waals surface area contributed by atoms with Crippen molar-refractivity contribution in [3.05, 3.63) is 64.7 Å². The highest BCUT2D eigenvalue weighted by molar-refractivity contribution is 5.40. The van der Waals surface area contributed by atoms with Gasteiger partial charge in [-0.3, -0.25) is 0 Å². The largest absolute Gasteiger partial charge is 0.573 e. The van der Waals surface area contributed by atoms with Gasteiger partial charge in [-0.1, -0.05) is 50.1 Å². The van der Waals surface area contributed by atoms with Crippen molar-refractivity contribution < 1.29 is 17.9 Å². The van der Waals surface area contributed by atoms with Gasteiger partial charge in [0, 0.05) is 0 Å². The van der Waals surface area contributed by atoms with E-state index in [-0.39, 0.29) is 5.75 Å². The van der Waals surface area contributed by atoms with E-state index in [0.717, 1.165) is 36.3 Å². The molecule has 0 aromatic heterocycles. The van der Waals surface area contributed by atoms with Gasteiger partial charge in [-0.15, -0.1) is 13.2 Å². The van der Waals surface area contributed by atoms with E-state index >= 15 is 0 Å². The average molecular weight is 388 g/mol. The summed E-state index contributed by atoms with van der Waals surface area (Å²) >= 11 is 0. The van der Waals surface area contributed by atoms with Gasteiger partial charge in [-0.05, 0) is 84.2 Å². The molecule has 4 rings (SSSR count). The van der Waals surface area contributed by atoms with Crippen molar-refractivity contribution in [2.75, 3.05) is 0 Å². The van der Waals surface area contributed by atoms with Crippen molar-refractivity contribution in [2.24, 2.45) is 5.92 Å². The van der Waals surface area contributed by atoms with Gasteiger partial charge in [0.2, 0.25) is 0 Å². The number of aryl methyl sites for hydroxylation is 1. The van der Waals surface area contributed by atoms with Gasteiger partial charge in [-0.25, -0.2) is 0 Å². The quantitative estimate of drug-likeness (QED) is 0.542. The van der Waals surface area contributed by atoms with Crippen LogP contribution in [0.3, 0.4) is 0 Å². The van der Waals surface area contributed by atoms with Crippen molar-refractivity contribution >= 4 is 0 Å². The van der Waals surface area contributed by atoms with E-state index in [4.69, 9.17) is 0 Å². The standard InChI is InChI=1S/C24H27F3O/c1-16-2-4-17(5-3-16)18-6-8-19(9-7-18)20-10-11-22-15-23(28-24(25,26)27)13-12-21(22)14-20/h6-9,12-13,15-17,20H,2-5,10-11,14H2,1H3. The molecule has 1 nitrogen and oxygen atoms in total. The van der Waals surface area contributed by atoms with E-state index in [0.29, 0.717) is 11.8 Å². The molecule has 0 heterocycles. The average Bonchev–Trinajstić information content (AvgIpc) is 2.67. The number of hydrogen-bond donors (Lipinski definition) is 0.